The topological polar surface area (TPSA) is 130 Å². The summed E-state index contributed by atoms with van der Waals surface area (Å²) in [6, 6.07) is 0. The van der Waals surface area contributed by atoms with E-state index in [9.17, 15) is 4.79 Å². The summed E-state index contributed by atoms with van der Waals surface area (Å²) >= 11 is 0. The number of nitrogens with one attached hydrogen (secondary N) is 1. The van der Waals surface area contributed by atoms with Gasteiger partial charge in [0, 0.05) is 13.5 Å². The van der Waals surface area contributed by atoms with Gasteiger partial charge in [-0.05, 0) is 63.9 Å². The quantitative estimate of drug-likeness (QED) is 0.353. The fourth-order valence-corrected chi connectivity index (χ4v) is 4.54. The number of carbonyl (C=O) groups excluding carboxylic acids is 1. The van der Waals surface area contributed by atoms with Crippen LogP contribution in [-0.2, 0) is 29.5 Å². The lowest BCUT2D eigenvalue weighted by Gasteiger charge is -2.29. The van der Waals surface area contributed by atoms with E-state index in [0.717, 1.165) is 49.1 Å². The average Bonchev–Trinajstić information content (AvgIpc) is 3.48. The molecule has 11 heteroatoms. The lowest BCUT2D eigenvalue weighted by molar-refractivity contribution is -0.154. The highest BCUT2D eigenvalue weighted by atomic mass is 16.5. The zero-order chi connectivity index (χ0) is 27.2. The molecule has 1 N–H and O–H groups in total. The molecule has 3 aromatic rings. The molecular formula is C27H39N7O4. The van der Waals surface area contributed by atoms with Gasteiger partial charge in [0.05, 0.1) is 54.0 Å². The van der Waals surface area contributed by atoms with Crippen molar-refractivity contribution in [3.8, 4) is 17.1 Å². The molecule has 3 aromatic heterocycles. The number of aryl methyl sites for hydroxylation is 3. The van der Waals surface area contributed by atoms with Crippen molar-refractivity contribution in [3.63, 3.8) is 0 Å². The normalized spacial score (nSPS) is 17.7. The van der Waals surface area contributed by atoms with Gasteiger partial charge in [-0.15, -0.1) is 0 Å². The minimum atomic E-state index is -0.137. The molecule has 0 aromatic carbocycles. The van der Waals surface area contributed by atoms with E-state index in [1.165, 1.54) is 0 Å². The molecule has 206 valence electrons. The highest BCUT2D eigenvalue weighted by Crippen LogP contribution is 2.31. The molecule has 3 heterocycles. The van der Waals surface area contributed by atoms with Gasteiger partial charge in [0.2, 0.25) is 5.89 Å². The zero-order valence-corrected chi connectivity index (χ0v) is 23.2. The van der Waals surface area contributed by atoms with Gasteiger partial charge in [-0.25, -0.2) is 9.97 Å². The molecule has 0 aliphatic heterocycles. The molecule has 1 fully saturated rings. The second kappa shape index (κ2) is 12.4. The monoisotopic (exact) mass is 525 g/mol. The Hall–Kier alpha value is -3.50. The molecule has 1 aliphatic carbocycles. The van der Waals surface area contributed by atoms with Gasteiger partial charge in [0.25, 0.3) is 5.95 Å². The van der Waals surface area contributed by atoms with E-state index < -0.39 is 0 Å². The predicted octanol–water partition coefficient (Wildman–Crippen LogP) is 4.66. The standard InChI is InChI=1S/C27H39N7O4/c1-16(2)10-11-24-32-27(33-38-24)29-14-22-21(13-30-34(22)6)25-28-15-23(18(5)31-25)37-20-9-7-8-19(12-20)26(35)36-17(3)4/h13,15-17,19-20H,7-12,14H2,1-6H3,(H,29,33)/t19-,20-/m0/s1. The van der Waals surface area contributed by atoms with Gasteiger partial charge < -0.3 is 19.3 Å². The molecule has 0 radical (unpaired) electrons. The third kappa shape index (κ3) is 7.08. The van der Waals surface area contributed by atoms with E-state index in [4.69, 9.17) is 19.0 Å². The van der Waals surface area contributed by atoms with Gasteiger partial charge >= 0.3 is 5.97 Å². The first-order valence-electron chi connectivity index (χ1n) is 13.5. The first kappa shape index (κ1) is 27.5. The number of rotatable bonds is 11. The Morgan fingerprint density at radius 3 is 2.76 bits per heavy atom. The summed E-state index contributed by atoms with van der Waals surface area (Å²) in [5.74, 6) is 2.56. The first-order chi connectivity index (χ1) is 18.2. The molecular weight excluding hydrogens is 486 g/mol. The van der Waals surface area contributed by atoms with Gasteiger partial charge in [0.15, 0.2) is 11.6 Å². The molecule has 11 nitrogen and oxygen atoms in total. The lowest BCUT2D eigenvalue weighted by atomic mass is 9.87. The van der Waals surface area contributed by atoms with Crippen LogP contribution in [0.15, 0.2) is 16.9 Å². The van der Waals surface area contributed by atoms with Crippen molar-refractivity contribution in [2.24, 2.45) is 18.9 Å². The molecule has 0 amide bonds. The van der Waals surface area contributed by atoms with Crippen LogP contribution >= 0.6 is 0 Å². The molecule has 2 atom stereocenters. The van der Waals surface area contributed by atoms with E-state index in [0.29, 0.717) is 42.3 Å². The molecule has 0 bridgehead atoms. The van der Waals surface area contributed by atoms with Crippen molar-refractivity contribution < 1.29 is 18.8 Å². The summed E-state index contributed by atoms with van der Waals surface area (Å²) in [6.45, 7) is 10.4. The number of carbonyl (C=O) groups is 1. The fourth-order valence-electron chi connectivity index (χ4n) is 4.54. The average molecular weight is 526 g/mol. The third-order valence-corrected chi connectivity index (χ3v) is 6.66. The number of anilines is 1. The van der Waals surface area contributed by atoms with Crippen LogP contribution < -0.4 is 10.1 Å². The predicted molar refractivity (Wildman–Crippen MR) is 141 cm³/mol. The highest BCUT2D eigenvalue weighted by molar-refractivity contribution is 5.72. The first-order valence-corrected chi connectivity index (χ1v) is 13.5. The molecule has 0 spiro atoms. The number of esters is 1. The van der Waals surface area contributed by atoms with Crippen LogP contribution in [0.4, 0.5) is 5.95 Å². The summed E-state index contributed by atoms with van der Waals surface area (Å²) in [5, 5.41) is 11.7. The zero-order valence-electron chi connectivity index (χ0n) is 23.2. The maximum absolute atomic E-state index is 12.4. The van der Waals surface area contributed by atoms with Crippen molar-refractivity contribution >= 4 is 11.9 Å². The van der Waals surface area contributed by atoms with Crippen molar-refractivity contribution in [2.75, 3.05) is 5.32 Å². The van der Waals surface area contributed by atoms with Gasteiger partial charge in [0.1, 0.15) is 0 Å². The summed E-state index contributed by atoms with van der Waals surface area (Å²) in [5.41, 5.74) is 2.44. The third-order valence-electron chi connectivity index (χ3n) is 6.66. The van der Waals surface area contributed by atoms with Crippen molar-refractivity contribution in [2.45, 2.75) is 91.9 Å². The van der Waals surface area contributed by atoms with Crippen LogP contribution in [-0.4, -0.2) is 48.1 Å². The Morgan fingerprint density at radius 1 is 1.21 bits per heavy atom. The minimum absolute atomic E-state index is 0.0693. The molecule has 1 aliphatic rings. The van der Waals surface area contributed by atoms with Crippen molar-refractivity contribution in [3.05, 3.63) is 29.7 Å². The van der Waals surface area contributed by atoms with Crippen LogP contribution in [0.5, 0.6) is 5.75 Å². The van der Waals surface area contributed by atoms with Crippen LogP contribution in [0, 0.1) is 18.8 Å². The van der Waals surface area contributed by atoms with Crippen LogP contribution in [0.1, 0.15) is 77.1 Å². The van der Waals surface area contributed by atoms with Crippen LogP contribution in [0.2, 0.25) is 0 Å². The smallest absolute Gasteiger partial charge is 0.309 e. The Kier molecular flexibility index (Phi) is 8.96. The molecule has 38 heavy (non-hydrogen) atoms. The van der Waals surface area contributed by atoms with E-state index in [2.05, 4.69) is 39.4 Å². The van der Waals surface area contributed by atoms with Gasteiger partial charge in [-0.2, -0.15) is 10.1 Å². The largest absolute Gasteiger partial charge is 0.487 e. The van der Waals surface area contributed by atoms with E-state index in [-0.39, 0.29) is 24.1 Å². The number of ether oxygens (including phenoxy) is 2. The molecule has 0 unspecified atom stereocenters. The highest BCUT2D eigenvalue weighted by Gasteiger charge is 2.30. The Morgan fingerprint density at radius 2 is 2.03 bits per heavy atom. The number of nitrogens with zero attached hydrogens (tertiary/aromatic N) is 6. The summed E-state index contributed by atoms with van der Waals surface area (Å²) in [4.78, 5) is 26.1. The SMILES string of the molecule is Cc1nc(-c2cnn(C)c2CNc2noc(CCC(C)C)n2)ncc1O[C@H]1CCC[C@H](C(=O)OC(C)C)C1. The summed E-state index contributed by atoms with van der Waals surface area (Å²) < 4.78 is 18.8. The second-order valence-electron chi connectivity index (χ2n) is 10.7. The number of hydrogen-bond donors (Lipinski definition) is 1. The van der Waals surface area contributed by atoms with Crippen LogP contribution in [0.3, 0.4) is 0 Å². The van der Waals surface area contributed by atoms with Crippen LogP contribution in [0.25, 0.3) is 11.4 Å². The number of hydrogen-bond acceptors (Lipinski definition) is 10. The Balaban J connectivity index is 1.40. The molecule has 1 saturated carbocycles. The van der Waals surface area contributed by atoms with Gasteiger partial charge in [-0.1, -0.05) is 13.8 Å². The Bertz CT molecular complexity index is 1220. The number of aromatic nitrogens is 6. The van der Waals surface area contributed by atoms with E-state index in [1.54, 1.807) is 17.1 Å². The second-order valence-corrected chi connectivity index (χ2v) is 10.7. The Labute approximate surface area is 223 Å². The molecule has 0 saturated heterocycles. The van der Waals surface area contributed by atoms with Crippen molar-refractivity contribution in [1.29, 1.82) is 0 Å². The fraction of sp³-hybridized carbons (Fsp3) is 0.630. The maximum Gasteiger partial charge on any atom is 0.309 e. The molecule has 4 rings (SSSR count). The maximum atomic E-state index is 12.4. The van der Waals surface area contributed by atoms with E-state index in [1.807, 2.05) is 27.8 Å². The van der Waals surface area contributed by atoms with Crippen molar-refractivity contribution in [1.82, 2.24) is 29.9 Å². The summed E-state index contributed by atoms with van der Waals surface area (Å²) in [7, 11) is 1.87. The van der Waals surface area contributed by atoms with E-state index >= 15 is 0 Å². The summed E-state index contributed by atoms with van der Waals surface area (Å²) in [6.07, 6.45) is 8.32. The van der Waals surface area contributed by atoms with Gasteiger partial charge in [-0.3, -0.25) is 9.48 Å². The lowest BCUT2D eigenvalue weighted by Crippen LogP contribution is -2.32. The minimum Gasteiger partial charge on any atom is -0.487 e.